The summed E-state index contributed by atoms with van der Waals surface area (Å²) in [5, 5.41) is 10.5. The van der Waals surface area contributed by atoms with Crippen LogP contribution in [0.2, 0.25) is 0 Å². The highest BCUT2D eigenvalue weighted by Gasteiger charge is 2.42. The number of aryl methyl sites for hydroxylation is 2. The molecule has 27 heavy (non-hydrogen) atoms. The van der Waals surface area contributed by atoms with E-state index in [1.54, 1.807) is 4.90 Å². The number of nitrogens with zero attached hydrogens (tertiary/aromatic N) is 1. The van der Waals surface area contributed by atoms with Crippen molar-refractivity contribution in [2.75, 3.05) is 6.54 Å². The van der Waals surface area contributed by atoms with E-state index in [1.165, 1.54) is 0 Å². The number of carbonyl (C=O) groups excluding carboxylic acids is 2. The molecule has 0 fully saturated rings. The summed E-state index contributed by atoms with van der Waals surface area (Å²) in [6.07, 6.45) is 1.60. The first-order valence-electron chi connectivity index (χ1n) is 9.40. The Bertz CT molecular complexity index is 870. The van der Waals surface area contributed by atoms with Crippen molar-refractivity contribution in [3.63, 3.8) is 0 Å². The van der Waals surface area contributed by atoms with E-state index < -0.39 is 17.7 Å². The molecule has 4 nitrogen and oxygen atoms in total. The number of Topliss-reactive ketones (excluding diaryl/α,β-unsaturated/α-hetero) is 1. The van der Waals surface area contributed by atoms with Gasteiger partial charge in [0.15, 0.2) is 11.5 Å². The number of hydrogen-bond acceptors (Lipinski definition) is 3. The Morgan fingerprint density at radius 1 is 1.11 bits per heavy atom. The zero-order valence-corrected chi connectivity index (χ0v) is 15.8. The van der Waals surface area contributed by atoms with E-state index in [2.05, 4.69) is 0 Å². The Balaban J connectivity index is 1.91. The van der Waals surface area contributed by atoms with Crippen molar-refractivity contribution in [3.05, 3.63) is 82.6 Å². The molecule has 1 aliphatic heterocycles. The van der Waals surface area contributed by atoms with Gasteiger partial charge in [-0.2, -0.15) is 0 Å². The van der Waals surface area contributed by atoms with Gasteiger partial charge in [0.25, 0.3) is 5.91 Å². The minimum absolute atomic E-state index is 0.171. The zero-order valence-electron chi connectivity index (χ0n) is 15.8. The smallest absolute Gasteiger partial charge is 0.290 e. The molecule has 3 rings (SSSR count). The molecular weight excluding hydrogens is 338 g/mol. The maximum atomic E-state index is 13.0. The first kappa shape index (κ1) is 18.9. The summed E-state index contributed by atoms with van der Waals surface area (Å²) in [7, 11) is 0. The van der Waals surface area contributed by atoms with Gasteiger partial charge in [-0.15, -0.1) is 0 Å². The van der Waals surface area contributed by atoms with Crippen LogP contribution in [0.25, 0.3) is 0 Å². The fourth-order valence-corrected chi connectivity index (χ4v) is 3.63. The number of aliphatic hydroxyl groups is 1. The average molecular weight is 363 g/mol. The molecule has 1 unspecified atom stereocenters. The lowest BCUT2D eigenvalue weighted by Gasteiger charge is -2.26. The summed E-state index contributed by atoms with van der Waals surface area (Å²) in [5.74, 6) is -1.02. The zero-order chi connectivity index (χ0) is 19.4. The van der Waals surface area contributed by atoms with Crippen molar-refractivity contribution in [1.82, 2.24) is 4.90 Å². The monoisotopic (exact) mass is 363 g/mol. The summed E-state index contributed by atoms with van der Waals surface area (Å²) in [6, 6.07) is 17.0. The average Bonchev–Trinajstić information content (AvgIpc) is 2.92. The molecule has 140 valence electrons. The predicted octanol–water partition coefficient (Wildman–Crippen LogP) is 4.30. The van der Waals surface area contributed by atoms with Gasteiger partial charge >= 0.3 is 0 Å². The highest BCUT2D eigenvalue weighted by Crippen LogP contribution is 2.38. The first-order valence-corrected chi connectivity index (χ1v) is 9.40. The molecule has 1 atom stereocenters. The third-order valence-electron chi connectivity index (χ3n) is 4.91. The highest BCUT2D eigenvalue weighted by molar-refractivity contribution is 6.09. The molecule has 2 aromatic rings. The maximum absolute atomic E-state index is 13.0. The molecule has 0 bridgehead atoms. The number of carbonyl (C=O) groups is 2. The Morgan fingerprint density at radius 2 is 1.85 bits per heavy atom. The molecule has 1 heterocycles. The van der Waals surface area contributed by atoms with Gasteiger partial charge in [0, 0.05) is 13.0 Å². The summed E-state index contributed by atoms with van der Waals surface area (Å²) in [6.45, 7) is 4.45. The van der Waals surface area contributed by atoms with Crippen LogP contribution in [-0.2, 0) is 16.0 Å². The van der Waals surface area contributed by atoms with Gasteiger partial charge in [0.1, 0.15) is 0 Å². The minimum Gasteiger partial charge on any atom is -0.503 e. The first-order chi connectivity index (χ1) is 13.0. The fraction of sp³-hybridized carbons (Fsp3) is 0.304. The van der Waals surface area contributed by atoms with E-state index in [0.717, 1.165) is 23.1 Å². The third-order valence-corrected chi connectivity index (χ3v) is 4.91. The van der Waals surface area contributed by atoms with Crippen LogP contribution >= 0.6 is 0 Å². The van der Waals surface area contributed by atoms with Crippen molar-refractivity contribution < 1.29 is 14.7 Å². The number of amides is 1. The molecule has 1 amide bonds. The third kappa shape index (κ3) is 3.95. The van der Waals surface area contributed by atoms with Gasteiger partial charge in [-0.3, -0.25) is 9.59 Å². The van der Waals surface area contributed by atoms with Crippen LogP contribution in [0.1, 0.15) is 42.5 Å². The molecule has 0 saturated heterocycles. The predicted molar refractivity (Wildman–Crippen MR) is 105 cm³/mol. The van der Waals surface area contributed by atoms with Crippen LogP contribution in [-0.4, -0.2) is 28.2 Å². The van der Waals surface area contributed by atoms with Crippen molar-refractivity contribution in [3.8, 4) is 0 Å². The lowest BCUT2D eigenvalue weighted by atomic mass is 9.92. The Morgan fingerprint density at radius 3 is 2.52 bits per heavy atom. The second-order valence-corrected chi connectivity index (χ2v) is 6.99. The van der Waals surface area contributed by atoms with Gasteiger partial charge < -0.3 is 10.0 Å². The lowest BCUT2D eigenvalue weighted by molar-refractivity contribution is -0.129. The SMILES string of the molecule is CCCN1C(=O)C(O)=C(C(=O)CCc2ccccc2)C1c1cccc(C)c1. The summed E-state index contributed by atoms with van der Waals surface area (Å²) in [5.41, 5.74) is 3.21. The number of ketones is 1. The largest absolute Gasteiger partial charge is 0.503 e. The maximum Gasteiger partial charge on any atom is 0.290 e. The van der Waals surface area contributed by atoms with E-state index in [0.29, 0.717) is 13.0 Å². The Hall–Kier alpha value is -2.88. The molecule has 2 aromatic carbocycles. The van der Waals surface area contributed by atoms with Gasteiger partial charge in [0.05, 0.1) is 11.6 Å². The van der Waals surface area contributed by atoms with Crippen LogP contribution in [0.4, 0.5) is 0 Å². The van der Waals surface area contributed by atoms with Gasteiger partial charge in [-0.1, -0.05) is 67.1 Å². The Labute approximate surface area is 160 Å². The molecule has 0 spiro atoms. The van der Waals surface area contributed by atoms with Crippen molar-refractivity contribution in [2.45, 2.75) is 39.2 Å². The van der Waals surface area contributed by atoms with E-state index in [4.69, 9.17) is 0 Å². The fourth-order valence-electron chi connectivity index (χ4n) is 3.63. The highest BCUT2D eigenvalue weighted by atomic mass is 16.3. The summed E-state index contributed by atoms with van der Waals surface area (Å²) < 4.78 is 0. The molecule has 4 heteroatoms. The van der Waals surface area contributed by atoms with E-state index in [1.807, 2.05) is 68.4 Å². The van der Waals surface area contributed by atoms with E-state index in [-0.39, 0.29) is 17.8 Å². The molecule has 0 saturated carbocycles. The molecule has 1 aliphatic rings. The van der Waals surface area contributed by atoms with Gasteiger partial charge in [0.2, 0.25) is 0 Å². The quantitative estimate of drug-likeness (QED) is 0.798. The number of rotatable bonds is 7. The second kappa shape index (κ2) is 8.21. The van der Waals surface area contributed by atoms with E-state index in [9.17, 15) is 14.7 Å². The van der Waals surface area contributed by atoms with Crippen molar-refractivity contribution in [1.29, 1.82) is 0 Å². The number of aliphatic hydroxyl groups excluding tert-OH is 1. The normalized spacial score (nSPS) is 16.9. The molecule has 0 radical (unpaired) electrons. The van der Waals surface area contributed by atoms with Gasteiger partial charge in [-0.05, 0) is 30.9 Å². The number of benzene rings is 2. The lowest BCUT2D eigenvalue weighted by Crippen LogP contribution is -2.31. The van der Waals surface area contributed by atoms with Crippen LogP contribution in [0, 0.1) is 6.92 Å². The van der Waals surface area contributed by atoms with E-state index >= 15 is 0 Å². The van der Waals surface area contributed by atoms with Crippen molar-refractivity contribution >= 4 is 11.7 Å². The molecule has 0 aliphatic carbocycles. The van der Waals surface area contributed by atoms with Crippen LogP contribution in [0.15, 0.2) is 65.9 Å². The Kier molecular flexibility index (Phi) is 5.75. The standard InChI is InChI=1S/C23H25NO3/c1-3-14-24-21(18-11-7-8-16(2)15-18)20(22(26)23(24)27)19(25)13-12-17-9-5-4-6-10-17/h4-11,15,21,26H,3,12-14H2,1-2H3. The van der Waals surface area contributed by atoms with Crippen LogP contribution in [0.3, 0.4) is 0 Å². The molecular formula is C23H25NO3. The molecule has 0 aromatic heterocycles. The van der Waals surface area contributed by atoms with Crippen LogP contribution < -0.4 is 0 Å². The number of hydrogen-bond donors (Lipinski definition) is 1. The second-order valence-electron chi connectivity index (χ2n) is 6.99. The van der Waals surface area contributed by atoms with Crippen LogP contribution in [0.5, 0.6) is 0 Å². The summed E-state index contributed by atoms with van der Waals surface area (Å²) >= 11 is 0. The minimum atomic E-state index is -0.513. The topological polar surface area (TPSA) is 57.6 Å². The molecule has 1 N–H and O–H groups in total. The van der Waals surface area contributed by atoms with Gasteiger partial charge in [-0.25, -0.2) is 0 Å². The van der Waals surface area contributed by atoms with Crippen molar-refractivity contribution in [2.24, 2.45) is 0 Å². The summed E-state index contributed by atoms with van der Waals surface area (Å²) in [4.78, 5) is 27.2.